The van der Waals surface area contributed by atoms with Crippen molar-refractivity contribution in [1.29, 1.82) is 0 Å². The highest BCUT2D eigenvalue weighted by atomic mass is 35.5. The Morgan fingerprint density at radius 2 is 2.25 bits per heavy atom. The quantitative estimate of drug-likeness (QED) is 0.353. The molecule has 1 aromatic rings. The van der Waals surface area contributed by atoms with Crippen molar-refractivity contribution < 1.29 is 9.66 Å². The third kappa shape index (κ3) is 3.40. The summed E-state index contributed by atoms with van der Waals surface area (Å²) in [5.41, 5.74) is 0.571. The Kier molecular flexibility index (Phi) is 4.58. The van der Waals surface area contributed by atoms with Crippen LogP contribution in [0.3, 0.4) is 0 Å². The van der Waals surface area contributed by atoms with Gasteiger partial charge in [0.25, 0.3) is 5.69 Å². The summed E-state index contributed by atoms with van der Waals surface area (Å²) in [6, 6.07) is 4.16. The van der Waals surface area contributed by atoms with Gasteiger partial charge in [0, 0.05) is 18.0 Å². The van der Waals surface area contributed by atoms with Crippen molar-refractivity contribution in [2.75, 3.05) is 12.5 Å². The molecule has 16 heavy (non-hydrogen) atoms. The summed E-state index contributed by atoms with van der Waals surface area (Å²) in [5, 5.41) is 10.5. The molecule has 6 heteroatoms. The fourth-order valence-electron chi connectivity index (χ4n) is 0.949. The molecule has 0 bridgehead atoms. The number of hydrogen-bond acceptors (Lipinski definition) is 3. The maximum Gasteiger partial charge on any atom is 0.288 e. The lowest BCUT2D eigenvalue weighted by Crippen LogP contribution is -2.01. The van der Waals surface area contributed by atoms with Gasteiger partial charge in [-0.25, -0.2) is 0 Å². The molecule has 0 heterocycles. The molecule has 0 unspecified atom stereocenters. The molecule has 86 valence electrons. The topological polar surface area (TPSA) is 52.4 Å². The van der Waals surface area contributed by atoms with Gasteiger partial charge in [-0.3, -0.25) is 10.1 Å². The van der Waals surface area contributed by atoms with Crippen LogP contribution in [0.4, 0.5) is 5.69 Å². The van der Waals surface area contributed by atoms with Gasteiger partial charge < -0.3 is 4.74 Å². The van der Waals surface area contributed by atoms with E-state index in [-0.39, 0.29) is 17.3 Å². The summed E-state index contributed by atoms with van der Waals surface area (Å²) in [6.45, 7) is 3.92. The molecule has 1 rings (SSSR count). The number of nitro benzene ring substituents is 1. The average molecular weight is 262 g/mol. The normalized spacial score (nSPS) is 9.88. The zero-order valence-corrected chi connectivity index (χ0v) is 9.79. The highest BCUT2D eigenvalue weighted by molar-refractivity contribution is 6.32. The first-order valence-corrected chi connectivity index (χ1v) is 5.25. The molecule has 0 saturated carbocycles. The summed E-state index contributed by atoms with van der Waals surface area (Å²) in [5.74, 6) is 0.752. The number of alkyl halides is 1. The van der Waals surface area contributed by atoms with Gasteiger partial charge >= 0.3 is 0 Å². The second-order valence-corrected chi connectivity index (χ2v) is 3.72. The van der Waals surface area contributed by atoms with Crippen LogP contribution in [0.15, 0.2) is 30.4 Å². The van der Waals surface area contributed by atoms with E-state index in [4.69, 9.17) is 27.9 Å². The molecule has 0 radical (unpaired) electrons. The lowest BCUT2D eigenvalue weighted by Gasteiger charge is -2.06. The van der Waals surface area contributed by atoms with E-state index in [9.17, 15) is 10.1 Å². The predicted octanol–water partition coefficient (Wildman–Crippen LogP) is 3.42. The summed E-state index contributed by atoms with van der Waals surface area (Å²) >= 11 is 11.2. The first-order valence-electron chi connectivity index (χ1n) is 4.34. The molecular weight excluding hydrogens is 253 g/mol. The summed E-state index contributed by atoms with van der Waals surface area (Å²) in [4.78, 5) is 9.94. The number of rotatable bonds is 5. The summed E-state index contributed by atoms with van der Waals surface area (Å²) in [7, 11) is 0. The molecular formula is C10H9Cl2NO3. The van der Waals surface area contributed by atoms with Crippen LogP contribution in [0.25, 0.3) is 0 Å². The van der Waals surface area contributed by atoms with Gasteiger partial charge in [0.05, 0.1) is 4.92 Å². The molecule has 0 spiro atoms. The summed E-state index contributed by atoms with van der Waals surface area (Å²) in [6.07, 6.45) is 0. The fraction of sp³-hybridized carbons (Fsp3) is 0.200. The Hall–Kier alpha value is -1.26. The number of hydrogen-bond donors (Lipinski definition) is 0. The van der Waals surface area contributed by atoms with Crippen molar-refractivity contribution in [2.45, 2.75) is 0 Å². The van der Waals surface area contributed by atoms with Crippen molar-refractivity contribution in [2.24, 2.45) is 0 Å². The minimum absolute atomic E-state index is 0.0407. The smallest absolute Gasteiger partial charge is 0.288 e. The minimum Gasteiger partial charge on any atom is -0.489 e. The lowest BCUT2D eigenvalue weighted by molar-refractivity contribution is -0.384. The maximum absolute atomic E-state index is 10.5. The van der Waals surface area contributed by atoms with Gasteiger partial charge in [-0.15, -0.1) is 11.6 Å². The van der Waals surface area contributed by atoms with Crippen LogP contribution in [-0.4, -0.2) is 17.4 Å². The molecule has 0 saturated heterocycles. The first kappa shape index (κ1) is 12.8. The zero-order chi connectivity index (χ0) is 12.1. The van der Waals surface area contributed by atoms with Crippen molar-refractivity contribution in [3.63, 3.8) is 0 Å². The molecule has 0 aliphatic rings. The number of nitrogens with zero attached hydrogens (tertiary/aromatic N) is 1. The molecule has 0 N–H and O–H groups in total. The molecule has 0 fully saturated rings. The van der Waals surface area contributed by atoms with E-state index >= 15 is 0 Å². The molecule has 0 aliphatic heterocycles. The van der Waals surface area contributed by atoms with Crippen molar-refractivity contribution in [3.8, 4) is 5.75 Å². The molecule has 4 nitrogen and oxygen atoms in total. The third-order valence-corrected chi connectivity index (χ3v) is 2.43. The maximum atomic E-state index is 10.5. The molecule has 0 aliphatic carbocycles. The van der Waals surface area contributed by atoms with Crippen LogP contribution in [0, 0.1) is 10.1 Å². The fourth-order valence-corrected chi connectivity index (χ4v) is 1.27. The van der Waals surface area contributed by atoms with Crippen molar-refractivity contribution >= 4 is 28.9 Å². The zero-order valence-electron chi connectivity index (χ0n) is 8.28. The third-order valence-electron chi connectivity index (χ3n) is 1.75. The highest BCUT2D eigenvalue weighted by Gasteiger charge is 2.12. The number of nitro groups is 1. The SMILES string of the molecule is C=C(CCl)COc1ccc([N+](=O)[O-])c(Cl)c1. The summed E-state index contributed by atoms with van der Waals surface area (Å²) < 4.78 is 5.28. The van der Waals surface area contributed by atoms with E-state index in [1.807, 2.05) is 0 Å². The van der Waals surface area contributed by atoms with E-state index in [0.717, 1.165) is 5.57 Å². The Morgan fingerprint density at radius 3 is 2.75 bits per heavy atom. The Labute approximate surface area is 103 Å². The van der Waals surface area contributed by atoms with E-state index in [0.29, 0.717) is 11.6 Å². The van der Waals surface area contributed by atoms with Crippen LogP contribution in [0.2, 0.25) is 5.02 Å². The van der Waals surface area contributed by atoms with E-state index < -0.39 is 4.92 Å². The van der Waals surface area contributed by atoms with Gasteiger partial charge in [0.15, 0.2) is 0 Å². The average Bonchev–Trinajstić information content (AvgIpc) is 2.25. The van der Waals surface area contributed by atoms with Gasteiger partial charge in [0.1, 0.15) is 17.4 Å². The second kappa shape index (κ2) is 5.72. The van der Waals surface area contributed by atoms with E-state index in [1.165, 1.54) is 18.2 Å². The van der Waals surface area contributed by atoms with Gasteiger partial charge in [-0.2, -0.15) is 0 Å². The second-order valence-electron chi connectivity index (χ2n) is 3.04. The van der Waals surface area contributed by atoms with Gasteiger partial charge in [-0.05, 0) is 11.6 Å². The molecule has 0 amide bonds. The van der Waals surface area contributed by atoms with Crippen LogP contribution in [0.5, 0.6) is 5.75 Å². The highest BCUT2D eigenvalue weighted by Crippen LogP contribution is 2.28. The van der Waals surface area contributed by atoms with Crippen LogP contribution >= 0.6 is 23.2 Å². The molecule has 0 atom stereocenters. The predicted molar refractivity (Wildman–Crippen MR) is 63.5 cm³/mol. The Balaban J connectivity index is 2.74. The van der Waals surface area contributed by atoms with E-state index in [2.05, 4.69) is 6.58 Å². The van der Waals surface area contributed by atoms with Gasteiger partial charge in [0.2, 0.25) is 0 Å². The van der Waals surface area contributed by atoms with Crippen molar-refractivity contribution in [1.82, 2.24) is 0 Å². The lowest BCUT2D eigenvalue weighted by atomic mass is 10.3. The van der Waals surface area contributed by atoms with Crippen LogP contribution in [-0.2, 0) is 0 Å². The van der Waals surface area contributed by atoms with E-state index in [1.54, 1.807) is 0 Å². The molecule has 0 aromatic heterocycles. The van der Waals surface area contributed by atoms with Crippen LogP contribution in [0.1, 0.15) is 0 Å². The first-order chi connectivity index (χ1) is 7.54. The van der Waals surface area contributed by atoms with Gasteiger partial charge in [-0.1, -0.05) is 18.2 Å². The number of benzene rings is 1. The largest absolute Gasteiger partial charge is 0.489 e. The number of ether oxygens (including phenoxy) is 1. The Bertz CT molecular complexity index is 421. The van der Waals surface area contributed by atoms with Crippen molar-refractivity contribution in [3.05, 3.63) is 45.5 Å². The Morgan fingerprint density at radius 1 is 1.56 bits per heavy atom. The molecule has 1 aromatic carbocycles. The monoisotopic (exact) mass is 261 g/mol. The van der Waals surface area contributed by atoms with Crippen LogP contribution < -0.4 is 4.74 Å². The standard InChI is InChI=1S/C10H9Cl2NO3/c1-7(5-11)6-16-8-2-3-10(13(14)15)9(12)4-8/h2-4H,1,5-6H2. The minimum atomic E-state index is -0.552. The number of halogens is 2.